The quantitative estimate of drug-likeness (QED) is 0.729. The second-order valence-corrected chi connectivity index (χ2v) is 9.33. The van der Waals surface area contributed by atoms with E-state index in [-0.39, 0.29) is 29.5 Å². The zero-order chi connectivity index (χ0) is 22.2. The molecule has 32 heavy (non-hydrogen) atoms. The number of likely N-dealkylation sites (tertiary alicyclic amines) is 1. The fraction of sp³-hybridized carbons (Fsp3) is 0.520. The maximum atomic E-state index is 13.3. The Bertz CT molecular complexity index is 1030. The number of benzene rings is 1. The molecule has 3 aliphatic rings. The molecule has 0 radical (unpaired) electrons. The molecule has 3 heterocycles. The normalized spacial score (nSPS) is 21.3. The van der Waals surface area contributed by atoms with Crippen LogP contribution in [0.2, 0.25) is 0 Å². The van der Waals surface area contributed by atoms with Crippen LogP contribution in [-0.2, 0) is 22.6 Å². The molecular weight excluding hydrogens is 407 g/mol. The SMILES string of the molecule is Cc1nc([C@H]2CCN(C(=O)C3CCCC3)C2)nc2c1CCC(=O)N2Cc1ccc(F)cc1. The number of amides is 2. The van der Waals surface area contributed by atoms with Crippen LogP contribution >= 0.6 is 0 Å². The van der Waals surface area contributed by atoms with Gasteiger partial charge in [0.2, 0.25) is 11.8 Å². The largest absolute Gasteiger partial charge is 0.342 e. The molecule has 6 nitrogen and oxygen atoms in total. The Hall–Kier alpha value is -2.83. The molecule has 2 aromatic rings. The van der Waals surface area contributed by atoms with E-state index in [1.807, 2.05) is 11.8 Å². The third-order valence-corrected chi connectivity index (χ3v) is 7.18. The Morgan fingerprint density at radius 2 is 1.84 bits per heavy atom. The van der Waals surface area contributed by atoms with Crippen LogP contribution in [0.4, 0.5) is 10.2 Å². The second-order valence-electron chi connectivity index (χ2n) is 9.33. The molecule has 5 rings (SSSR count). The van der Waals surface area contributed by atoms with E-state index in [2.05, 4.69) is 0 Å². The third-order valence-electron chi connectivity index (χ3n) is 7.18. The van der Waals surface area contributed by atoms with Crippen molar-refractivity contribution >= 4 is 17.6 Å². The monoisotopic (exact) mass is 436 g/mol. The van der Waals surface area contributed by atoms with Gasteiger partial charge < -0.3 is 4.90 Å². The predicted octanol–water partition coefficient (Wildman–Crippen LogP) is 3.91. The smallest absolute Gasteiger partial charge is 0.228 e. The number of fused-ring (bicyclic) bond motifs is 1. The number of carbonyl (C=O) groups is 2. The minimum atomic E-state index is -0.294. The van der Waals surface area contributed by atoms with Gasteiger partial charge in [-0.2, -0.15) is 0 Å². The van der Waals surface area contributed by atoms with Gasteiger partial charge >= 0.3 is 0 Å². The molecule has 0 unspecified atom stereocenters. The average Bonchev–Trinajstić information content (AvgIpc) is 3.49. The molecule has 0 N–H and O–H groups in total. The molecule has 7 heteroatoms. The number of rotatable bonds is 4. The Balaban J connectivity index is 1.39. The van der Waals surface area contributed by atoms with Crippen LogP contribution in [-0.4, -0.2) is 39.8 Å². The number of nitrogens with zero attached hydrogens (tertiary/aromatic N) is 4. The standard InChI is InChI=1S/C25H29FN4O2/c1-16-21-10-11-22(31)30(14-17-6-8-20(26)9-7-17)24(21)28-23(27-16)19-12-13-29(15-19)25(32)18-4-2-3-5-18/h6-9,18-19H,2-5,10-15H2,1H3/t19-/m0/s1. The fourth-order valence-corrected chi connectivity index (χ4v) is 5.32. The van der Waals surface area contributed by atoms with E-state index in [1.54, 1.807) is 17.0 Å². The van der Waals surface area contributed by atoms with Crippen molar-refractivity contribution in [2.24, 2.45) is 5.92 Å². The first-order valence-electron chi connectivity index (χ1n) is 11.7. The van der Waals surface area contributed by atoms with Crippen molar-refractivity contribution in [3.8, 4) is 0 Å². The molecule has 1 atom stereocenters. The Kier molecular flexibility index (Phi) is 5.66. The molecule has 2 amide bonds. The Morgan fingerprint density at radius 1 is 1.09 bits per heavy atom. The summed E-state index contributed by atoms with van der Waals surface area (Å²) in [5.41, 5.74) is 2.77. The summed E-state index contributed by atoms with van der Waals surface area (Å²) in [6.45, 7) is 3.74. The number of aromatic nitrogens is 2. The summed E-state index contributed by atoms with van der Waals surface area (Å²) in [5, 5.41) is 0. The topological polar surface area (TPSA) is 66.4 Å². The zero-order valence-corrected chi connectivity index (χ0v) is 18.5. The van der Waals surface area contributed by atoms with Crippen molar-refractivity contribution < 1.29 is 14.0 Å². The van der Waals surface area contributed by atoms with Gasteiger partial charge in [-0.3, -0.25) is 14.5 Å². The van der Waals surface area contributed by atoms with Gasteiger partial charge in [0.1, 0.15) is 17.5 Å². The number of aryl methyl sites for hydroxylation is 1. The lowest BCUT2D eigenvalue weighted by molar-refractivity contribution is -0.134. The molecule has 168 valence electrons. The molecule has 1 saturated carbocycles. The average molecular weight is 437 g/mol. The molecule has 2 fully saturated rings. The Morgan fingerprint density at radius 3 is 2.59 bits per heavy atom. The van der Waals surface area contributed by atoms with E-state index >= 15 is 0 Å². The van der Waals surface area contributed by atoms with E-state index in [0.29, 0.717) is 31.7 Å². The van der Waals surface area contributed by atoms with Crippen molar-refractivity contribution in [2.45, 2.75) is 64.3 Å². The summed E-state index contributed by atoms with van der Waals surface area (Å²) in [5.74, 6) is 1.69. The number of carbonyl (C=O) groups excluding carboxylic acids is 2. The lowest BCUT2D eigenvalue weighted by atomic mass is 10.0. The van der Waals surface area contributed by atoms with E-state index in [4.69, 9.17) is 9.97 Å². The van der Waals surface area contributed by atoms with Crippen LogP contribution in [0.1, 0.15) is 67.1 Å². The molecule has 1 saturated heterocycles. The van der Waals surface area contributed by atoms with Crippen LogP contribution in [0.5, 0.6) is 0 Å². The maximum absolute atomic E-state index is 13.3. The van der Waals surface area contributed by atoms with Gasteiger partial charge in [0.15, 0.2) is 0 Å². The highest BCUT2D eigenvalue weighted by Crippen LogP contribution is 2.34. The van der Waals surface area contributed by atoms with Gasteiger partial charge in [-0.1, -0.05) is 25.0 Å². The minimum absolute atomic E-state index is 0.0235. The highest BCUT2D eigenvalue weighted by molar-refractivity contribution is 5.95. The Labute approximate surface area is 187 Å². The van der Waals surface area contributed by atoms with Crippen LogP contribution in [0.25, 0.3) is 0 Å². The lowest BCUT2D eigenvalue weighted by Crippen LogP contribution is -2.36. The summed E-state index contributed by atoms with van der Waals surface area (Å²) in [6.07, 6.45) is 6.23. The van der Waals surface area contributed by atoms with Crippen molar-refractivity contribution in [2.75, 3.05) is 18.0 Å². The molecule has 0 spiro atoms. The molecule has 1 aromatic heterocycles. The maximum Gasteiger partial charge on any atom is 0.228 e. The van der Waals surface area contributed by atoms with E-state index < -0.39 is 0 Å². The van der Waals surface area contributed by atoms with Gasteiger partial charge in [-0.15, -0.1) is 0 Å². The van der Waals surface area contributed by atoms with Crippen molar-refractivity contribution in [3.05, 3.63) is 52.7 Å². The molecule has 0 bridgehead atoms. The van der Waals surface area contributed by atoms with Gasteiger partial charge in [-0.25, -0.2) is 14.4 Å². The predicted molar refractivity (Wildman–Crippen MR) is 119 cm³/mol. The molecule has 2 aliphatic heterocycles. The van der Waals surface area contributed by atoms with Gasteiger partial charge in [0.05, 0.1) is 6.54 Å². The summed E-state index contributed by atoms with van der Waals surface area (Å²) in [7, 11) is 0. The minimum Gasteiger partial charge on any atom is -0.342 e. The number of halogens is 1. The van der Waals surface area contributed by atoms with E-state index in [9.17, 15) is 14.0 Å². The van der Waals surface area contributed by atoms with E-state index in [0.717, 1.165) is 61.3 Å². The summed E-state index contributed by atoms with van der Waals surface area (Å²) < 4.78 is 13.3. The van der Waals surface area contributed by atoms with Crippen LogP contribution in [0.15, 0.2) is 24.3 Å². The number of hydrogen-bond donors (Lipinski definition) is 0. The highest BCUT2D eigenvalue weighted by Gasteiger charge is 2.35. The van der Waals surface area contributed by atoms with Crippen molar-refractivity contribution in [1.29, 1.82) is 0 Å². The van der Waals surface area contributed by atoms with Crippen LogP contribution in [0, 0.1) is 18.7 Å². The second kappa shape index (κ2) is 8.60. The zero-order valence-electron chi connectivity index (χ0n) is 18.5. The van der Waals surface area contributed by atoms with Crippen molar-refractivity contribution in [3.63, 3.8) is 0 Å². The third kappa shape index (κ3) is 4.00. The molecule has 1 aromatic carbocycles. The lowest BCUT2D eigenvalue weighted by Gasteiger charge is -2.30. The van der Waals surface area contributed by atoms with E-state index in [1.165, 1.54) is 12.1 Å². The van der Waals surface area contributed by atoms with Crippen molar-refractivity contribution in [1.82, 2.24) is 14.9 Å². The summed E-state index contributed by atoms with van der Waals surface area (Å²) in [6, 6.07) is 6.23. The van der Waals surface area contributed by atoms with Crippen LogP contribution in [0.3, 0.4) is 0 Å². The molecular formula is C25H29FN4O2. The van der Waals surface area contributed by atoms with Gasteiger partial charge in [-0.05, 0) is 50.3 Å². The fourth-order valence-electron chi connectivity index (χ4n) is 5.32. The van der Waals surface area contributed by atoms with Crippen LogP contribution < -0.4 is 4.90 Å². The first-order chi connectivity index (χ1) is 15.5. The number of hydrogen-bond acceptors (Lipinski definition) is 4. The van der Waals surface area contributed by atoms with Gasteiger partial charge in [0, 0.05) is 42.6 Å². The van der Waals surface area contributed by atoms with Gasteiger partial charge in [0.25, 0.3) is 0 Å². The highest BCUT2D eigenvalue weighted by atomic mass is 19.1. The molecule has 1 aliphatic carbocycles. The summed E-state index contributed by atoms with van der Waals surface area (Å²) >= 11 is 0. The number of anilines is 1. The first kappa shape index (κ1) is 21.0. The first-order valence-corrected chi connectivity index (χ1v) is 11.7. The summed E-state index contributed by atoms with van der Waals surface area (Å²) in [4.78, 5) is 39.0.